The second-order valence-corrected chi connectivity index (χ2v) is 9.80. The van der Waals surface area contributed by atoms with Gasteiger partial charge in [-0.15, -0.1) is 0 Å². The van der Waals surface area contributed by atoms with Crippen LogP contribution in [0.5, 0.6) is 0 Å². The van der Waals surface area contributed by atoms with E-state index in [1.54, 1.807) is 6.07 Å². The SMILES string of the molecule is O=C(NN1CCCCC1)c1nn(-c2ccc(Cl)cc2Cl)c2c1C1CCC2c2ccccc21. The number of aromatic nitrogens is 2. The van der Waals surface area contributed by atoms with E-state index in [9.17, 15) is 4.79 Å². The van der Waals surface area contributed by atoms with Gasteiger partial charge in [0.25, 0.3) is 5.91 Å². The minimum atomic E-state index is -0.128. The zero-order chi connectivity index (χ0) is 21.8. The highest BCUT2D eigenvalue weighted by Crippen LogP contribution is 2.54. The van der Waals surface area contributed by atoms with E-state index in [0.29, 0.717) is 15.7 Å². The zero-order valence-electron chi connectivity index (χ0n) is 17.7. The molecular formula is C25H24Cl2N4O. The standard InChI is InChI=1S/C25H24Cl2N4O/c26-15-8-11-21(20(27)14-15)31-24-19-10-9-18(16-6-2-3-7-17(16)19)22(24)23(28-31)25(32)29-30-12-4-1-5-13-30/h2-3,6-8,11,14,18-19H,1,4-5,9-10,12-13H2,(H,29,32). The predicted molar refractivity (Wildman–Crippen MR) is 126 cm³/mol. The summed E-state index contributed by atoms with van der Waals surface area (Å²) in [6, 6.07) is 14.0. The topological polar surface area (TPSA) is 50.2 Å². The predicted octanol–water partition coefficient (Wildman–Crippen LogP) is 5.68. The Morgan fingerprint density at radius 2 is 1.69 bits per heavy atom. The Hall–Kier alpha value is -2.34. The van der Waals surface area contributed by atoms with Crippen molar-refractivity contribution < 1.29 is 4.79 Å². The second kappa shape index (κ2) is 7.91. The van der Waals surface area contributed by atoms with Crippen molar-refractivity contribution in [3.8, 4) is 5.69 Å². The maximum absolute atomic E-state index is 13.5. The molecule has 32 heavy (non-hydrogen) atoms. The molecule has 2 aromatic carbocycles. The van der Waals surface area contributed by atoms with Crippen molar-refractivity contribution in [3.05, 3.63) is 80.6 Å². The van der Waals surface area contributed by atoms with Gasteiger partial charge in [-0.05, 0) is 55.0 Å². The summed E-state index contributed by atoms with van der Waals surface area (Å²) in [4.78, 5) is 13.5. The number of piperidine rings is 1. The fraction of sp³-hybridized carbons (Fsp3) is 0.360. The summed E-state index contributed by atoms with van der Waals surface area (Å²) in [5, 5.41) is 8.03. The van der Waals surface area contributed by atoms with Gasteiger partial charge in [0.05, 0.1) is 16.4 Å². The number of carbonyl (C=O) groups is 1. The molecule has 0 spiro atoms. The molecular weight excluding hydrogens is 443 g/mol. The average molecular weight is 467 g/mol. The fourth-order valence-corrected chi connectivity index (χ4v) is 6.19. The molecule has 0 saturated carbocycles. The van der Waals surface area contributed by atoms with Crippen molar-refractivity contribution in [3.63, 3.8) is 0 Å². The lowest BCUT2D eigenvalue weighted by atomic mass is 9.65. The highest BCUT2D eigenvalue weighted by Gasteiger charge is 2.44. The number of hydrazine groups is 1. The van der Waals surface area contributed by atoms with Gasteiger partial charge in [0, 0.05) is 35.5 Å². The van der Waals surface area contributed by atoms with Crippen molar-refractivity contribution in [2.24, 2.45) is 0 Å². The van der Waals surface area contributed by atoms with Crippen LogP contribution >= 0.6 is 23.2 Å². The lowest BCUT2D eigenvalue weighted by Gasteiger charge is -2.39. The average Bonchev–Trinajstić information content (AvgIpc) is 3.22. The van der Waals surface area contributed by atoms with Gasteiger partial charge in [-0.2, -0.15) is 5.10 Å². The number of nitrogens with one attached hydrogen (secondary N) is 1. The van der Waals surface area contributed by atoms with Crippen LogP contribution in [0, 0.1) is 0 Å². The van der Waals surface area contributed by atoms with Crippen LogP contribution in [0.4, 0.5) is 0 Å². The summed E-state index contributed by atoms with van der Waals surface area (Å²) >= 11 is 12.8. The maximum atomic E-state index is 13.5. The first-order chi connectivity index (χ1) is 15.6. The van der Waals surface area contributed by atoms with E-state index in [0.717, 1.165) is 55.7 Å². The van der Waals surface area contributed by atoms with E-state index >= 15 is 0 Å². The van der Waals surface area contributed by atoms with E-state index in [2.05, 4.69) is 29.7 Å². The minimum Gasteiger partial charge on any atom is -0.283 e. The van der Waals surface area contributed by atoms with Crippen LogP contribution in [0.25, 0.3) is 5.69 Å². The molecule has 1 saturated heterocycles. The largest absolute Gasteiger partial charge is 0.286 e. The molecule has 2 bridgehead atoms. The Morgan fingerprint density at radius 1 is 0.969 bits per heavy atom. The molecule has 3 aliphatic carbocycles. The molecule has 2 heterocycles. The van der Waals surface area contributed by atoms with E-state index in [-0.39, 0.29) is 17.7 Å². The fourth-order valence-electron chi connectivity index (χ4n) is 5.70. The van der Waals surface area contributed by atoms with Gasteiger partial charge in [-0.1, -0.05) is 53.9 Å². The van der Waals surface area contributed by atoms with Crippen molar-refractivity contribution in [1.29, 1.82) is 0 Å². The molecule has 1 aromatic heterocycles. The molecule has 3 aromatic rings. The first-order valence-electron chi connectivity index (χ1n) is 11.3. The Bertz CT molecular complexity index is 1210. The molecule has 0 radical (unpaired) electrons. The van der Waals surface area contributed by atoms with E-state index in [1.165, 1.54) is 17.5 Å². The Morgan fingerprint density at radius 3 is 2.44 bits per heavy atom. The Kier molecular flexibility index (Phi) is 5.01. The first kappa shape index (κ1) is 20.3. The Balaban J connectivity index is 1.50. The van der Waals surface area contributed by atoms with Crippen LogP contribution in [-0.2, 0) is 0 Å². The van der Waals surface area contributed by atoms with Gasteiger partial charge in [0.1, 0.15) is 0 Å². The molecule has 7 heteroatoms. The number of carbonyl (C=O) groups excluding carboxylic acids is 1. The second-order valence-electron chi connectivity index (χ2n) is 8.96. The monoisotopic (exact) mass is 466 g/mol. The van der Waals surface area contributed by atoms with Crippen molar-refractivity contribution in [2.45, 2.75) is 43.9 Å². The van der Waals surface area contributed by atoms with Crippen LogP contribution in [0.3, 0.4) is 0 Å². The summed E-state index contributed by atoms with van der Waals surface area (Å²) < 4.78 is 1.89. The van der Waals surface area contributed by atoms with Gasteiger partial charge in [0.2, 0.25) is 0 Å². The third kappa shape index (κ3) is 3.18. The van der Waals surface area contributed by atoms with E-state index in [4.69, 9.17) is 28.3 Å². The minimum absolute atomic E-state index is 0.128. The quantitative estimate of drug-likeness (QED) is 0.539. The number of nitrogens with zero attached hydrogens (tertiary/aromatic N) is 3. The Labute approximate surface area is 197 Å². The smallest absolute Gasteiger partial charge is 0.283 e. The van der Waals surface area contributed by atoms with Crippen LogP contribution in [0.1, 0.15) is 76.8 Å². The highest BCUT2D eigenvalue weighted by molar-refractivity contribution is 6.35. The van der Waals surface area contributed by atoms with E-state index in [1.807, 2.05) is 21.8 Å². The third-order valence-corrected chi connectivity index (χ3v) is 7.64. The molecule has 1 aliphatic heterocycles. The molecule has 1 amide bonds. The number of amides is 1. The van der Waals surface area contributed by atoms with Crippen LogP contribution in [0.15, 0.2) is 42.5 Å². The summed E-state index contributed by atoms with van der Waals surface area (Å²) in [5.74, 6) is 0.243. The maximum Gasteiger partial charge on any atom is 0.286 e. The number of hydrogen-bond acceptors (Lipinski definition) is 3. The zero-order valence-corrected chi connectivity index (χ0v) is 19.2. The number of halogens is 2. The van der Waals surface area contributed by atoms with Gasteiger partial charge in [0.15, 0.2) is 5.69 Å². The lowest BCUT2D eigenvalue weighted by molar-refractivity contribution is 0.0743. The van der Waals surface area contributed by atoms with Crippen LogP contribution in [-0.4, -0.2) is 33.8 Å². The summed E-state index contributed by atoms with van der Waals surface area (Å²) in [6.07, 6.45) is 5.49. The van der Waals surface area contributed by atoms with Crippen molar-refractivity contribution >= 4 is 29.1 Å². The summed E-state index contributed by atoms with van der Waals surface area (Å²) in [7, 11) is 0. The molecule has 1 fully saturated rings. The molecule has 1 N–H and O–H groups in total. The molecule has 5 nitrogen and oxygen atoms in total. The summed E-state index contributed by atoms with van der Waals surface area (Å²) in [5.41, 5.74) is 9.20. The van der Waals surface area contributed by atoms with Crippen molar-refractivity contribution in [2.75, 3.05) is 13.1 Å². The normalized spacial score (nSPS) is 21.8. The molecule has 2 atom stereocenters. The number of hydrogen-bond donors (Lipinski definition) is 1. The number of benzene rings is 2. The lowest BCUT2D eigenvalue weighted by Crippen LogP contribution is -2.45. The number of rotatable bonds is 3. The third-order valence-electron chi connectivity index (χ3n) is 7.10. The number of fused-ring (bicyclic) bond motifs is 1. The molecule has 2 unspecified atom stereocenters. The van der Waals surface area contributed by atoms with E-state index < -0.39 is 0 Å². The van der Waals surface area contributed by atoms with Gasteiger partial charge in [-0.25, -0.2) is 9.69 Å². The van der Waals surface area contributed by atoms with Gasteiger partial charge in [-0.3, -0.25) is 10.2 Å². The van der Waals surface area contributed by atoms with Gasteiger partial charge < -0.3 is 0 Å². The van der Waals surface area contributed by atoms with Crippen LogP contribution in [0.2, 0.25) is 10.0 Å². The highest BCUT2D eigenvalue weighted by atomic mass is 35.5. The molecule has 4 aliphatic rings. The summed E-state index contributed by atoms with van der Waals surface area (Å²) in [6.45, 7) is 1.76. The van der Waals surface area contributed by atoms with Crippen molar-refractivity contribution in [1.82, 2.24) is 20.2 Å². The van der Waals surface area contributed by atoms with Crippen LogP contribution < -0.4 is 5.43 Å². The first-order valence-corrected chi connectivity index (χ1v) is 12.1. The van der Waals surface area contributed by atoms with Gasteiger partial charge >= 0.3 is 0 Å². The molecule has 7 rings (SSSR count). The molecule has 164 valence electrons.